The first-order chi connectivity index (χ1) is 9.52. The molecule has 1 aliphatic rings. The fraction of sp³-hybridized carbons (Fsp3) is 0.467. The molecule has 1 saturated heterocycles. The number of carbonyl (C=O) groups excluding carboxylic acids is 2. The molecule has 1 aromatic carbocycles. The van der Waals surface area contributed by atoms with Crippen molar-refractivity contribution >= 4 is 23.6 Å². The van der Waals surface area contributed by atoms with Crippen molar-refractivity contribution in [2.24, 2.45) is 0 Å². The Balaban J connectivity index is 2.12. The third-order valence-corrected chi connectivity index (χ3v) is 4.73. The summed E-state index contributed by atoms with van der Waals surface area (Å²) in [6.45, 7) is 5.11. The Morgan fingerprint density at radius 2 is 2.05 bits per heavy atom. The van der Waals surface area contributed by atoms with Crippen molar-refractivity contribution in [3.63, 3.8) is 0 Å². The first-order valence-electron chi connectivity index (χ1n) is 6.59. The lowest BCUT2D eigenvalue weighted by Crippen LogP contribution is -2.45. The van der Waals surface area contributed by atoms with Crippen LogP contribution < -0.4 is 0 Å². The predicted octanol–water partition coefficient (Wildman–Crippen LogP) is 2.03. The zero-order valence-corrected chi connectivity index (χ0v) is 12.8. The molecule has 0 radical (unpaired) electrons. The molecule has 108 valence electrons. The molecule has 1 aliphatic heterocycles. The van der Waals surface area contributed by atoms with Gasteiger partial charge in [0.2, 0.25) is 0 Å². The number of rotatable bonds is 2. The zero-order chi connectivity index (χ0) is 14.7. The van der Waals surface area contributed by atoms with E-state index in [1.54, 1.807) is 16.7 Å². The van der Waals surface area contributed by atoms with E-state index in [1.807, 2.05) is 32.0 Å². The number of esters is 1. The van der Waals surface area contributed by atoms with Gasteiger partial charge >= 0.3 is 5.97 Å². The average Bonchev–Trinajstić information content (AvgIpc) is 2.48. The van der Waals surface area contributed by atoms with E-state index in [9.17, 15) is 9.59 Å². The highest BCUT2D eigenvalue weighted by molar-refractivity contribution is 8.00. The molecule has 1 fully saturated rings. The normalized spacial score (nSPS) is 18.8. The predicted molar refractivity (Wildman–Crippen MR) is 80.1 cm³/mol. The quantitative estimate of drug-likeness (QED) is 0.783. The number of carbonyl (C=O) groups is 2. The molecular weight excluding hydrogens is 274 g/mol. The third kappa shape index (κ3) is 3.15. The van der Waals surface area contributed by atoms with Gasteiger partial charge in [0.1, 0.15) is 5.25 Å². The second-order valence-electron chi connectivity index (χ2n) is 4.93. The van der Waals surface area contributed by atoms with Crippen LogP contribution in [0.25, 0.3) is 0 Å². The van der Waals surface area contributed by atoms with Crippen molar-refractivity contribution in [1.82, 2.24) is 4.90 Å². The SMILES string of the molecule is COC(=O)[C@H]1CN(C(=O)c2ccc(C)c(C)c2)CCS1. The summed E-state index contributed by atoms with van der Waals surface area (Å²) in [5.41, 5.74) is 2.96. The molecule has 5 heteroatoms. The maximum absolute atomic E-state index is 12.5. The van der Waals surface area contributed by atoms with E-state index in [0.717, 1.165) is 11.3 Å². The van der Waals surface area contributed by atoms with Gasteiger partial charge in [0.15, 0.2) is 0 Å². The number of benzene rings is 1. The smallest absolute Gasteiger partial charge is 0.320 e. The fourth-order valence-corrected chi connectivity index (χ4v) is 3.29. The number of ether oxygens (including phenoxy) is 1. The second-order valence-corrected chi connectivity index (χ2v) is 6.24. The lowest BCUT2D eigenvalue weighted by atomic mass is 10.1. The first kappa shape index (κ1) is 14.9. The highest BCUT2D eigenvalue weighted by Crippen LogP contribution is 2.22. The van der Waals surface area contributed by atoms with Gasteiger partial charge < -0.3 is 9.64 Å². The van der Waals surface area contributed by atoms with E-state index >= 15 is 0 Å². The van der Waals surface area contributed by atoms with Gasteiger partial charge in [-0.2, -0.15) is 0 Å². The highest BCUT2D eigenvalue weighted by atomic mass is 32.2. The summed E-state index contributed by atoms with van der Waals surface area (Å²) in [5, 5.41) is -0.274. The van der Waals surface area contributed by atoms with Gasteiger partial charge in [-0.1, -0.05) is 6.07 Å². The fourth-order valence-electron chi connectivity index (χ4n) is 2.16. The lowest BCUT2D eigenvalue weighted by Gasteiger charge is -2.31. The van der Waals surface area contributed by atoms with Crippen molar-refractivity contribution in [2.75, 3.05) is 26.0 Å². The molecule has 1 aromatic rings. The van der Waals surface area contributed by atoms with Gasteiger partial charge in [-0.05, 0) is 37.1 Å². The molecule has 0 N–H and O–H groups in total. The molecule has 2 rings (SSSR count). The van der Waals surface area contributed by atoms with Crippen LogP contribution in [0, 0.1) is 13.8 Å². The van der Waals surface area contributed by atoms with Gasteiger partial charge in [-0.25, -0.2) is 0 Å². The molecule has 20 heavy (non-hydrogen) atoms. The Morgan fingerprint density at radius 3 is 2.70 bits per heavy atom. The first-order valence-corrected chi connectivity index (χ1v) is 7.63. The van der Waals surface area contributed by atoms with E-state index < -0.39 is 0 Å². The van der Waals surface area contributed by atoms with Crippen LogP contribution in [0.1, 0.15) is 21.5 Å². The average molecular weight is 293 g/mol. The van der Waals surface area contributed by atoms with Crippen LogP contribution in [-0.2, 0) is 9.53 Å². The van der Waals surface area contributed by atoms with Crippen LogP contribution in [0.15, 0.2) is 18.2 Å². The molecule has 4 nitrogen and oxygen atoms in total. The monoisotopic (exact) mass is 293 g/mol. The Kier molecular flexibility index (Phi) is 4.70. The van der Waals surface area contributed by atoms with Crippen molar-refractivity contribution in [3.8, 4) is 0 Å². The van der Waals surface area contributed by atoms with E-state index in [0.29, 0.717) is 18.7 Å². The zero-order valence-electron chi connectivity index (χ0n) is 12.0. The van der Waals surface area contributed by atoms with Gasteiger partial charge in [0.05, 0.1) is 7.11 Å². The molecule has 1 atom stereocenters. The van der Waals surface area contributed by atoms with Crippen LogP contribution in [0.4, 0.5) is 0 Å². The summed E-state index contributed by atoms with van der Waals surface area (Å²) < 4.78 is 4.76. The molecule has 1 amide bonds. The van der Waals surface area contributed by atoms with E-state index in [-0.39, 0.29) is 17.1 Å². The number of methoxy groups -OCH3 is 1. The molecular formula is C15H19NO3S. The number of aryl methyl sites for hydroxylation is 2. The highest BCUT2D eigenvalue weighted by Gasteiger charge is 2.30. The van der Waals surface area contributed by atoms with Crippen molar-refractivity contribution in [1.29, 1.82) is 0 Å². The van der Waals surface area contributed by atoms with Crippen LogP contribution in [0.2, 0.25) is 0 Å². The number of thioether (sulfide) groups is 1. The maximum Gasteiger partial charge on any atom is 0.320 e. The largest absolute Gasteiger partial charge is 0.468 e. The molecule has 0 aromatic heterocycles. The summed E-state index contributed by atoms with van der Waals surface area (Å²) in [5.74, 6) is 0.492. The Bertz CT molecular complexity index is 530. The van der Waals surface area contributed by atoms with E-state index in [2.05, 4.69) is 0 Å². The van der Waals surface area contributed by atoms with Gasteiger partial charge in [0.25, 0.3) is 5.91 Å². The Hall–Kier alpha value is -1.49. The Morgan fingerprint density at radius 1 is 1.30 bits per heavy atom. The standard InChI is InChI=1S/C15H19NO3S/c1-10-4-5-12(8-11(10)2)14(17)16-6-7-20-13(9-16)15(18)19-3/h4-5,8,13H,6-7,9H2,1-3H3/t13-/m1/s1. The number of hydrogen-bond acceptors (Lipinski definition) is 4. The van der Waals surface area contributed by atoms with Crippen molar-refractivity contribution < 1.29 is 14.3 Å². The molecule has 1 heterocycles. The van der Waals surface area contributed by atoms with Crippen LogP contribution in [0.3, 0.4) is 0 Å². The van der Waals surface area contributed by atoms with Crippen molar-refractivity contribution in [2.45, 2.75) is 19.1 Å². The van der Waals surface area contributed by atoms with Crippen LogP contribution in [-0.4, -0.2) is 48.0 Å². The minimum absolute atomic E-state index is 0.0118. The summed E-state index contributed by atoms with van der Waals surface area (Å²) in [6.07, 6.45) is 0. The summed E-state index contributed by atoms with van der Waals surface area (Å²) >= 11 is 1.55. The van der Waals surface area contributed by atoms with Crippen molar-refractivity contribution in [3.05, 3.63) is 34.9 Å². The minimum atomic E-state index is -0.274. The summed E-state index contributed by atoms with van der Waals surface area (Å²) in [7, 11) is 1.38. The molecule has 0 saturated carbocycles. The lowest BCUT2D eigenvalue weighted by molar-refractivity contribution is -0.140. The van der Waals surface area contributed by atoms with Crippen LogP contribution in [0.5, 0.6) is 0 Å². The van der Waals surface area contributed by atoms with Gasteiger partial charge in [-0.15, -0.1) is 11.8 Å². The molecule has 0 bridgehead atoms. The van der Waals surface area contributed by atoms with Gasteiger partial charge in [0, 0.05) is 24.4 Å². The summed E-state index contributed by atoms with van der Waals surface area (Å²) in [6, 6.07) is 5.71. The number of hydrogen-bond donors (Lipinski definition) is 0. The maximum atomic E-state index is 12.5. The number of amides is 1. The van der Waals surface area contributed by atoms with Crippen LogP contribution >= 0.6 is 11.8 Å². The third-order valence-electron chi connectivity index (χ3n) is 3.57. The second kappa shape index (κ2) is 6.31. The van der Waals surface area contributed by atoms with E-state index in [4.69, 9.17) is 4.74 Å². The molecule has 0 unspecified atom stereocenters. The molecule has 0 aliphatic carbocycles. The van der Waals surface area contributed by atoms with Gasteiger partial charge in [-0.3, -0.25) is 9.59 Å². The van der Waals surface area contributed by atoms with E-state index in [1.165, 1.54) is 12.7 Å². The topological polar surface area (TPSA) is 46.6 Å². The molecule has 0 spiro atoms. The number of nitrogens with zero attached hydrogens (tertiary/aromatic N) is 1. The summed E-state index contributed by atoms with van der Waals surface area (Å²) in [4.78, 5) is 25.8. The minimum Gasteiger partial charge on any atom is -0.468 e. The Labute approximate surface area is 123 Å².